The first-order chi connectivity index (χ1) is 12.5. The molecule has 0 fully saturated rings. The van der Waals surface area contributed by atoms with Gasteiger partial charge in [0, 0.05) is 10.6 Å². The smallest absolute Gasteiger partial charge is 0.263 e. The Morgan fingerprint density at radius 3 is 2.81 bits per heavy atom. The molecular weight excluding hydrogens is 346 g/mol. The predicted octanol–water partition coefficient (Wildman–Crippen LogP) is 3.59. The van der Waals surface area contributed by atoms with Gasteiger partial charge in [0.25, 0.3) is 5.56 Å². The number of amides is 1. The third kappa shape index (κ3) is 2.94. The highest BCUT2D eigenvalue weighted by molar-refractivity contribution is 7.18. The number of aromatic nitrogens is 2. The second-order valence-electron chi connectivity index (χ2n) is 6.80. The molecule has 0 bridgehead atoms. The van der Waals surface area contributed by atoms with Crippen molar-refractivity contribution in [3.05, 3.63) is 56.4 Å². The van der Waals surface area contributed by atoms with E-state index in [1.165, 1.54) is 15.9 Å². The van der Waals surface area contributed by atoms with Crippen molar-refractivity contribution < 1.29 is 4.79 Å². The topological polar surface area (TPSA) is 64.0 Å². The van der Waals surface area contributed by atoms with Crippen LogP contribution in [0.5, 0.6) is 0 Å². The highest BCUT2D eigenvalue weighted by Crippen LogP contribution is 2.33. The molecule has 3 aromatic rings. The second-order valence-corrected chi connectivity index (χ2v) is 7.89. The summed E-state index contributed by atoms with van der Waals surface area (Å²) in [5.74, 6) is 0.371. The number of anilines is 1. The minimum atomic E-state index is -0.213. The van der Waals surface area contributed by atoms with Crippen molar-refractivity contribution in [2.24, 2.45) is 0 Å². The summed E-state index contributed by atoms with van der Waals surface area (Å²) in [6.45, 7) is 3.71. The summed E-state index contributed by atoms with van der Waals surface area (Å²) < 4.78 is 1.50. The van der Waals surface area contributed by atoms with Gasteiger partial charge >= 0.3 is 0 Å². The number of hydrogen-bond acceptors (Lipinski definition) is 4. The van der Waals surface area contributed by atoms with Gasteiger partial charge in [-0.25, -0.2) is 4.98 Å². The summed E-state index contributed by atoms with van der Waals surface area (Å²) in [4.78, 5) is 32.3. The number of thiophene rings is 1. The Labute approximate surface area is 155 Å². The Kier molecular flexibility index (Phi) is 4.36. The van der Waals surface area contributed by atoms with Crippen molar-refractivity contribution in [1.29, 1.82) is 0 Å². The van der Waals surface area contributed by atoms with Crippen molar-refractivity contribution in [2.75, 3.05) is 5.32 Å². The van der Waals surface area contributed by atoms with Gasteiger partial charge in [0.2, 0.25) is 5.91 Å². The van der Waals surface area contributed by atoms with Crippen LogP contribution in [0.2, 0.25) is 0 Å². The summed E-state index contributed by atoms with van der Waals surface area (Å²) in [6, 6.07) is 7.61. The molecule has 1 N–H and O–H groups in total. The van der Waals surface area contributed by atoms with Crippen LogP contribution >= 0.6 is 11.3 Å². The number of benzene rings is 1. The van der Waals surface area contributed by atoms with E-state index in [1.54, 1.807) is 18.3 Å². The molecule has 0 atom stereocenters. The summed E-state index contributed by atoms with van der Waals surface area (Å²) >= 11 is 1.64. The number of para-hydroxylation sites is 1. The molecule has 5 nitrogen and oxygen atoms in total. The molecule has 134 valence electrons. The minimum Gasteiger partial charge on any atom is -0.324 e. The van der Waals surface area contributed by atoms with Gasteiger partial charge in [-0.2, -0.15) is 0 Å². The monoisotopic (exact) mass is 367 g/mol. The zero-order chi connectivity index (χ0) is 18.3. The zero-order valence-corrected chi connectivity index (χ0v) is 15.8. The number of nitrogens with zero attached hydrogens (tertiary/aromatic N) is 2. The molecule has 1 aromatic carbocycles. The van der Waals surface area contributed by atoms with Gasteiger partial charge < -0.3 is 5.32 Å². The van der Waals surface area contributed by atoms with Crippen LogP contribution in [0.15, 0.2) is 29.1 Å². The number of aryl methyl sites for hydroxylation is 4. The average Bonchev–Trinajstić information content (AvgIpc) is 2.98. The first-order valence-corrected chi connectivity index (χ1v) is 9.73. The van der Waals surface area contributed by atoms with Gasteiger partial charge in [-0.05, 0) is 56.7 Å². The summed E-state index contributed by atoms with van der Waals surface area (Å²) in [5.41, 5.74) is 2.82. The van der Waals surface area contributed by atoms with Crippen LogP contribution in [-0.4, -0.2) is 15.5 Å². The molecule has 1 aliphatic carbocycles. The van der Waals surface area contributed by atoms with Gasteiger partial charge in [0.15, 0.2) is 0 Å². The zero-order valence-electron chi connectivity index (χ0n) is 15.0. The molecular formula is C20H21N3O2S. The number of carbonyl (C=O) groups excluding carboxylic acids is 1. The van der Waals surface area contributed by atoms with E-state index in [2.05, 4.69) is 10.3 Å². The molecule has 1 amide bonds. The van der Waals surface area contributed by atoms with E-state index in [9.17, 15) is 9.59 Å². The van der Waals surface area contributed by atoms with E-state index in [1.807, 2.05) is 31.2 Å². The predicted molar refractivity (Wildman–Crippen MR) is 105 cm³/mol. The second kappa shape index (κ2) is 6.68. The standard InChI is InChI=1S/C20H21N3O2S/c1-12-7-3-5-9-15(12)22-17(24)11-23-13(2)21-19-18(20(23)25)14-8-4-6-10-16(14)26-19/h3,5,7,9H,4,6,8,10-11H2,1-2H3,(H,22,24). The normalized spacial score (nSPS) is 13.6. The van der Waals surface area contributed by atoms with Gasteiger partial charge in [-0.15, -0.1) is 11.3 Å². The first kappa shape index (κ1) is 17.0. The Bertz CT molecular complexity index is 1060. The van der Waals surface area contributed by atoms with Crippen LogP contribution in [0.4, 0.5) is 5.69 Å². The van der Waals surface area contributed by atoms with Gasteiger partial charge in [-0.1, -0.05) is 18.2 Å². The van der Waals surface area contributed by atoms with Crippen LogP contribution in [0.25, 0.3) is 10.2 Å². The molecule has 0 radical (unpaired) electrons. The molecule has 2 heterocycles. The van der Waals surface area contributed by atoms with Crippen LogP contribution < -0.4 is 10.9 Å². The summed E-state index contributed by atoms with van der Waals surface area (Å²) in [7, 11) is 0. The molecule has 0 spiro atoms. The van der Waals surface area contributed by atoms with E-state index < -0.39 is 0 Å². The van der Waals surface area contributed by atoms with Crippen LogP contribution in [-0.2, 0) is 24.2 Å². The highest BCUT2D eigenvalue weighted by Gasteiger charge is 2.21. The Balaban J connectivity index is 1.69. The van der Waals surface area contributed by atoms with E-state index in [-0.39, 0.29) is 18.0 Å². The SMILES string of the molecule is Cc1ccccc1NC(=O)Cn1c(C)nc2sc3c(c2c1=O)CCCC3. The van der Waals surface area contributed by atoms with E-state index in [4.69, 9.17) is 0 Å². The van der Waals surface area contributed by atoms with Gasteiger partial charge in [0.1, 0.15) is 17.2 Å². The number of nitrogens with one attached hydrogen (secondary N) is 1. The lowest BCUT2D eigenvalue weighted by atomic mass is 9.97. The summed E-state index contributed by atoms with van der Waals surface area (Å²) in [5, 5.41) is 3.61. The maximum absolute atomic E-state index is 13.1. The molecule has 0 saturated heterocycles. The first-order valence-electron chi connectivity index (χ1n) is 8.92. The van der Waals surface area contributed by atoms with Crippen LogP contribution in [0, 0.1) is 13.8 Å². The van der Waals surface area contributed by atoms with Crippen molar-refractivity contribution in [3.63, 3.8) is 0 Å². The quantitative estimate of drug-likeness (QED) is 0.769. The lowest BCUT2D eigenvalue weighted by Gasteiger charge is -2.13. The molecule has 0 saturated carbocycles. The van der Waals surface area contributed by atoms with Crippen molar-refractivity contribution in [2.45, 2.75) is 46.1 Å². The Hall–Kier alpha value is -2.47. The maximum atomic E-state index is 13.1. The van der Waals surface area contributed by atoms with Gasteiger partial charge in [-0.3, -0.25) is 14.2 Å². The Morgan fingerprint density at radius 1 is 1.23 bits per heavy atom. The number of fused-ring (bicyclic) bond motifs is 3. The van der Waals surface area contributed by atoms with E-state index >= 15 is 0 Å². The molecule has 0 unspecified atom stereocenters. The number of hydrogen-bond donors (Lipinski definition) is 1. The summed E-state index contributed by atoms with van der Waals surface area (Å²) in [6.07, 6.45) is 4.25. The lowest BCUT2D eigenvalue weighted by Crippen LogP contribution is -2.30. The van der Waals surface area contributed by atoms with E-state index in [0.29, 0.717) is 5.82 Å². The van der Waals surface area contributed by atoms with Crippen molar-refractivity contribution >= 4 is 33.1 Å². The number of carbonyl (C=O) groups is 1. The Morgan fingerprint density at radius 2 is 2.00 bits per heavy atom. The lowest BCUT2D eigenvalue weighted by molar-refractivity contribution is -0.116. The van der Waals surface area contributed by atoms with Gasteiger partial charge in [0.05, 0.1) is 5.39 Å². The fourth-order valence-electron chi connectivity index (χ4n) is 3.57. The largest absolute Gasteiger partial charge is 0.324 e. The fraction of sp³-hybridized carbons (Fsp3) is 0.350. The molecule has 26 heavy (non-hydrogen) atoms. The molecule has 1 aliphatic rings. The molecule has 0 aliphatic heterocycles. The van der Waals surface area contributed by atoms with Crippen LogP contribution in [0.3, 0.4) is 0 Å². The van der Waals surface area contributed by atoms with Crippen molar-refractivity contribution in [3.8, 4) is 0 Å². The maximum Gasteiger partial charge on any atom is 0.263 e. The van der Waals surface area contributed by atoms with Crippen LogP contribution in [0.1, 0.15) is 34.7 Å². The molecule has 6 heteroatoms. The third-order valence-corrected chi connectivity index (χ3v) is 6.17. The van der Waals surface area contributed by atoms with Crippen molar-refractivity contribution in [1.82, 2.24) is 9.55 Å². The highest BCUT2D eigenvalue weighted by atomic mass is 32.1. The fourth-order valence-corrected chi connectivity index (χ4v) is 4.87. The average molecular weight is 367 g/mol. The third-order valence-electron chi connectivity index (χ3n) is 4.99. The van der Waals surface area contributed by atoms with E-state index in [0.717, 1.165) is 46.3 Å². The number of rotatable bonds is 3. The minimum absolute atomic E-state index is 0.0213. The molecule has 4 rings (SSSR count). The molecule has 2 aromatic heterocycles.